The summed E-state index contributed by atoms with van der Waals surface area (Å²) < 4.78 is 31.3. The number of benzene rings is 1. The largest absolute Gasteiger partial charge is 0.375 e. The number of ether oxygens (including phenoxy) is 1. The van der Waals surface area contributed by atoms with Crippen LogP contribution in [0.5, 0.6) is 0 Å². The van der Waals surface area contributed by atoms with E-state index in [2.05, 4.69) is 4.72 Å². The molecule has 0 aliphatic heterocycles. The molecule has 0 spiro atoms. The molecule has 0 aliphatic carbocycles. The number of sulfonamides is 1. The Hall–Kier alpha value is -0.910. The number of methoxy groups -OCH3 is 1. The zero-order valence-electron chi connectivity index (χ0n) is 11.1. The average molecular weight is 271 g/mol. The Morgan fingerprint density at radius 3 is 2.33 bits per heavy atom. The molecule has 18 heavy (non-hydrogen) atoms. The van der Waals surface area contributed by atoms with E-state index in [1.807, 2.05) is 44.2 Å². The highest BCUT2D eigenvalue weighted by molar-refractivity contribution is 7.89. The van der Waals surface area contributed by atoms with E-state index in [-0.39, 0.29) is 24.3 Å². The Labute approximate surface area is 109 Å². The normalized spacial score (nSPS) is 13.8. The smallest absolute Gasteiger partial charge is 0.211 e. The number of nitrogens with one attached hydrogen (secondary N) is 1. The van der Waals surface area contributed by atoms with Gasteiger partial charge in [-0.25, -0.2) is 13.1 Å². The Bertz CT molecular complexity index is 443. The first-order valence-electron chi connectivity index (χ1n) is 5.99. The molecular weight excluding hydrogens is 250 g/mol. The van der Waals surface area contributed by atoms with Gasteiger partial charge in [0, 0.05) is 13.7 Å². The van der Waals surface area contributed by atoms with E-state index >= 15 is 0 Å². The first kappa shape index (κ1) is 15.1. The molecule has 0 radical (unpaired) electrons. The molecule has 0 unspecified atom stereocenters. The molecule has 0 aliphatic rings. The van der Waals surface area contributed by atoms with Crippen molar-refractivity contribution in [1.82, 2.24) is 4.72 Å². The summed E-state index contributed by atoms with van der Waals surface area (Å²) in [5.74, 6) is 0.248. The van der Waals surface area contributed by atoms with Crippen molar-refractivity contribution >= 4 is 10.0 Å². The number of hydrogen-bond acceptors (Lipinski definition) is 3. The lowest BCUT2D eigenvalue weighted by molar-refractivity contribution is 0.107. The van der Waals surface area contributed by atoms with Crippen molar-refractivity contribution in [2.24, 2.45) is 5.92 Å². The van der Waals surface area contributed by atoms with Gasteiger partial charge in [0.1, 0.15) is 0 Å². The van der Waals surface area contributed by atoms with Crippen molar-refractivity contribution in [3.05, 3.63) is 35.9 Å². The second kappa shape index (κ2) is 6.87. The third-order valence-corrected chi connectivity index (χ3v) is 4.21. The molecule has 0 saturated heterocycles. The van der Waals surface area contributed by atoms with Gasteiger partial charge in [-0.05, 0) is 11.5 Å². The first-order chi connectivity index (χ1) is 8.44. The van der Waals surface area contributed by atoms with Gasteiger partial charge in [0.25, 0.3) is 0 Å². The predicted octanol–water partition coefficient (Wildman–Crippen LogP) is 1.95. The highest BCUT2D eigenvalue weighted by Gasteiger charge is 2.16. The van der Waals surface area contributed by atoms with Crippen LogP contribution in [-0.4, -0.2) is 27.8 Å². The van der Waals surface area contributed by atoms with Crippen LogP contribution in [0, 0.1) is 5.92 Å². The van der Waals surface area contributed by atoms with Gasteiger partial charge >= 0.3 is 0 Å². The summed E-state index contributed by atoms with van der Waals surface area (Å²) in [6.45, 7) is 4.02. The van der Waals surface area contributed by atoms with Crippen LogP contribution in [0.4, 0.5) is 0 Å². The topological polar surface area (TPSA) is 55.4 Å². The monoisotopic (exact) mass is 271 g/mol. The fourth-order valence-corrected chi connectivity index (χ4v) is 3.11. The van der Waals surface area contributed by atoms with Crippen LogP contribution in [0.3, 0.4) is 0 Å². The minimum Gasteiger partial charge on any atom is -0.375 e. The molecule has 0 fully saturated rings. The maximum atomic E-state index is 11.7. The lowest BCUT2D eigenvalue weighted by Crippen LogP contribution is -2.32. The van der Waals surface area contributed by atoms with E-state index in [4.69, 9.17) is 4.74 Å². The fraction of sp³-hybridized carbons (Fsp3) is 0.538. The molecule has 1 atom stereocenters. The summed E-state index contributed by atoms with van der Waals surface area (Å²) in [6, 6.07) is 9.57. The third-order valence-electron chi connectivity index (χ3n) is 2.50. The summed E-state index contributed by atoms with van der Waals surface area (Å²) in [7, 11) is -1.65. The number of rotatable bonds is 7. The van der Waals surface area contributed by atoms with Gasteiger partial charge in [0.05, 0.1) is 11.9 Å². The molecule has 1 aromatic carbocycles. The number of hydrogen-bond donors (Lipinski definition) is 1. The Kier molecular flexibility index (Phi) is 5.78. The molecule has 0 aromatic heterocycles. The van der Waals surface area contributed by atoms with E-state index in [0.717, 1.165) is 5.56 Å². The summed E-state index contributed by atoms with van der Waals surface area (Å²) in [4.78, 5) is 0. The molecule has 4 nitrogen and oxygen atoms in total. The Morgan fingerprint density at radius 2 is 1.83 bits per heavy atom. The molecule has 1 rings (SSSR count). The highest BCUT2D eigenvalue weighted by atomic mass is 32.2. The minimum atomic E-state index is -3.22. The SMILES string of the molecule is CO[C@@H](CNS(=O)(=O)CC(C)C)c1ccccc1. The molecular formula is C13H21NO3S. The van der Waals surface area contributed by atoms with E-state index in [1.165, 1.54) is 0 Å². The molecule has 1 N–H and O–H groups in total. The van der Waals surface area contributed by atoms with Gasteiger partial charge in [-0.2, -0.15) is 0 Å². The standard InChI is InChI=1S/C13H21NO3S/c1-11(2)10-18(15,16)14-9-13(17-3)12-7-5-4-6-8-12/h4-8,11,13-14H,9-10H2,1-3H3/t13-/m0/s1. The maximum Gasteiger partial charge on any atom is 0.211 e. The molecule has 0 heterocycles. The van der Waals surface area contributed by atoms with Gasteiger partial charge in [-0.1, -0.05) is 44.2 Å². The molecule has 5 heteroatoms. The van der Waals surface area contributed by atoms with Crippen molar-refractivity contribution in [3.63, 3.8) is 0 Å². The van der Waals surface area contributed by atoms with Gasteiger partial charge in [0.2, 0.25) is 10.0 Å². The van der Waals surface area contributed by atoms with Crippen molar-refractivity contribution < 1.29 is 13.2 Å². The van der Waals surface area contributed by atoms with Crippen molar-refractivity contribution in [2.75, 3.05) is 19.4 Å². The van der Waals surface area contributed by atoms with E-state index < -0.39 is 10.0 Å². The molecule has 0 bridgehead atoms. The first-order valence-corrected chi connectivity index (χ1v) is 7.65. The molecule has 0 saturated carbocycles. The van der Waals surface area contributed by atoms with Crippen molar-refractivity contribution in [1.29, 1.82) is 0 Å². The lowest BCUT2D eigenvalue weighted by Gasteiger charge is -2.17. The maximum absolute atomic E-state index is 11.7. The second-order valence-electron chi connectivity index (χ2n) is 4.66. The minimum absolute atomic E-state index is 0.111. The Balaban J connectivity index is 2.61. The summed E-state index contributed by atoms with van der Waals surface area (Å²) in [5, 5.41) is 0. The average Bonchev–Trinajstić information content (AvgIpc) is 2.29. The van der Waals surface area contributed by atoms with Gasteiger partial charge in [-0.3, -0.25) is 0 Å². The van der Waals surface area contributed by atoms with E-state index in [1.54, 1.807) is 7.11 Å². The van der Waals surface area contributed by atoms with E-state index in [0.29, 0.717) is 0 Å². The van der Waals surface area contributed by atoms with Crippen LogP contribution in [0.25, 0.3) is 0 Å². The summed E-state index contributed by atoms with van der Waals surface area (Å²) in [5.41, 5.74) is 0.965. The van der Waals surface area contributed by atoms with Crippen LogP contribution in [0.2, 0.25) is 0 Å². The summed E-state index contributed by atoms with van der Waals surface area (Å²) >= 11 is 0. The van der Waals surface area contributed by atoms with Gasteiger partial charge in [-0.15, -0.1) is 0 Å². The third kappa shape index (κ3) is 5.16. The summed E-state index contributed by atoms with van der Waals surface area (Å²) in [6.07, 6.45) is -0.256. The van der Waals surface area contributed by atoms with Crippen LogP contribution in [0.15, 0.2) is 30.3 Å². The van der Waals surface area contributed by atoms with Crippen LogP contribution in [-0.2, 0) is 14.8 Å². The van der Waals surface area contributed by atoms with Crippen LogP contribution < -0.4 is 4.72 Å². The Morgan fingerprint density at radius 1 is 1.22 bits per heavy atom. The quantitative estimate of drug-likeness (QED) is 0.824. The van der Waals surface area contributed by atoms with Crippen molar-refractivity contribution in [2.45, 2.75) is 20.0 Å². The predicted molar refractivity (Wildman–Crippen MR) is 72.8 cm³/mol. The van der Waals surface area contributed by atoms with Crippen molar-refractivity contribution in [3.8, 4) is 0 Å². The fourth-order valence-electron chi connectivity index (χ4n) is 1.71. The van der Waals surface area contributed by atoms with Crippen LogP contribution >= 0.6 is 0 Å². The van der Waals surface area contributed by atoms with Gasteiger partial charge < -0.3 is 4.74 Å². The zero-order valence-corrected chi connectivity index (χ0v) is 11.9. The molecule has 0 amide bonds. The molecule has 1 aromatic rings. The lowest BCUT2D eigenvalue weighted by atomic mass is 10.1. The van der Waals surface area contributed by atoms with Crippen LogP contribution in [0.1, 0.15) is 25.5 Å². The van der Waals surface area contributed by atoms with E-state index in [9.17, 15) is 8.42 Å². The van der Waals surface area contributed by atoms with Gasteiger partial charge in [0.15, 0.2) is 0 Å². The second-order valence-corrected chi connectivity index (χ2v) is 6.51. The molecule has 102 valence electrons. The highest BCUT2D eigenvalue weighted by Crippen LogP contribution is 2.15. The zero-order chi connectivity index (χ0) is 13.6.